The van der Waals surface area contributed by atoms with Gasteiger partial charge in [-0.05, 0) is 60.0 Å². The average Bonchev–Trinajstić information content (AvgIpc) is 2.60. The van der Waals surface area contributed by atoms with E-state index in [4.69, 9.17) is 4.74 Å². The molecule has 0 bridgehead atoms. The summed E-state index contributed by atoms with van der Waals surface area (Å²) in [6, 6.07) is 5.53. The zero-order valence-corrected chi connectivity index (χ0v) is 17.2. The zero-order chi connectivity index (χ0) is 20.6. The van der Waals surface area contributed by atoms with E-state index in [-0.39, 0.29) is 5.56 Å². The molecule has 1 atom stereocenters. The Morgan fingerprint density at radius 1 is 1.14 bits per heavy atom. The molecule has 9 heteroatoms. The molecule has 0 amide bonds. The fourth-order valence-electron chi connectivity index (χ4n) is 3.09. The summed E-state index contributed by atoms with van der Waals surface area (Å²) in [5, 5.41) is 3.84. The second-order valence-corrected chi connectivity index (χ2v) is 7.21. The number of hydrogen-bond donors (Lipinski definition) is 1. The fourth-order valence-corrected chi connectivity index (χ4v) is 3.57. The molecule has 0 saturated carbocycles. The number of rotatable bonds is 4. The van der Waals surface area contributed by atoms with Crippen LogP contribution in [0.4, 0.5) is 19.0 Å². The Kier molecular flexibility index (Phi) is 5.47. The van der Waals surface area contributed by atoms with Crippen molar-refractivity contribution in [1.82, 2.24) is 15.0 Å². The number of fused-ring (bicyclic) bond motifs is 1. The maximum atomic E-state index is 13.2. The summed E-state index contributed by atoms with van der Waals surface area (Å²) in [7, 11) is 1.50. The molecule has 1 aromatic carbocycles. The molecule has 148 valence electrons. The van der Waals surface area contributed by atoms with Crippen LogP contribution in [0.15, 0.2) is 28.7 Å². The molecule has 2 aromatic heterocycles. The quantitative estimate of drug-likeness (QED) is 0.555. The molecule has 1 N–H and O–H groups in total. The predicted molar refractivity (Wildman–Crippen MR) is 105 cm³/mol. The summed E-state index contributed by atoms with van der Waals surface area (Å²) >= 11 is 3.39. The van der Waals surface area contributed by atoms with E-state index < -0.39 is 17.8 Å². The van der Waals surface area contributed by atoms with Crippen LogP contribution in [0.5, 0.6) is 5.88 Å². The number of nitrogens with zero attached hydrogens (tertiary/aromatic N) is 3. The lowest BCUT2D eigenvalue weighted by Gasteiger charge is -2.21. The molecule has 3 aromatic rings. The van der Waals surface area contributed by atoms with Crippen molar-refractivity contribution in [2.45, 2.75) is 33.0 Å². The highest BCUT2D eigenvalue weighted by molar-refractivity contribution is 9.10. The molecule has 0 saturated heterocycles. The van der Waals surface area contributed by atoms with Crippen LogP contribution in [0.2, 0.25) is 0 Å². The van der Waals surface area contributed by atoms with E-state index in [2.05, 4.69) is 36.2 Å². The first kappa shape index (κ1) is 20.3. The monoisotopic (exact) mass is 454 g/mol. The summed E-state index contributed by atoms with van der Waals surface area (Å²) < 4.78 is 45.5. The SMILES string of the molecule is COc1nc2nc(C)nc(N[C@H](C)c3cccc(C(F)(F)F)c3C)c2cc1Br. The van der Waals surface area contributed by atoms with Gasteiger partial charge in [-0.3, -0.25) is 0 Å². The van der Waals surface area contributed by atoms with Crippen LogP contribution >= 0.6 is 15.9 Å². The molecule has 3 rings (SSSR count). The topological polar surface area (TPSA) is 59.9 Å². The lowest BCUT2D eigenvalue weighted by atomic mass is 9.97. The van der Waals surface area contributed by atoms with Crippen LogP contribution in [-0.2, 0) is 6.18 Å². The Hall–Kier alpha value is -2.42. The van der Waals surface area contributed by atoms with Gasteiger partial charge in [-0.15, -0.1) is 0 Å². The summed E-state index contributed by atoms with van der Waals surface area (Å²) in [6.45, 7) is 4.99. The van der Waals surface area contributed by atoms with Crippen molar-refractivity contribution in [3.05, 3.63) is 51.3 Å². The van der Waals surface area contributed by atoms with E-state index in [0.29, 0.717) is 38.6 Å². The Balaban J connectivity index is 2.05. The molecule has 0 fully saturated rings. The van der Waals surface area contributed by atoms with Gasteiger partial charge in [0.25, 0.3) is 0 Å². The van der Waals surface area contributed by atoms with Gasteiger partial charge in [0.15, 0.2) is 5.65 Å². The van der Waals surface area contributed by atoms with Gasteiger partial charge in [-0.2, -0.15) is 18.2 Å². The number of halogens is 4. The van der Waals surface area contributed by atoms with Gasteiger partial charge in [0.1, 0.15) is 11.6 Å². The van der Waals surface area contributed by atoms with Gasteiger partial charge in [0.2, 0.25) is 5.88 Å². The molecule has 0 unspecified atom stereocenters. The molecule has 0 aliphatic carbocycles. The number of anilines is 1. The largest absolute Gasteiger partial charge is 0.480 e. The second kappa shape index (κ2) is 7.54. The van der Waals surface area contributed by atoms with Crippen LogP contribution in [-0.4, -0.2) is 22.1 Å². The maximum absolute atomic E-state index is 13.2. The number of nitrogens with one attached hydrogen (secondary N) is 1. The van der Waals surface area contributed by atoms with Gasteiger partial charge < -0.3 is 10.1 Å². The maximum Gasteiger partial charge on any atom is 0.416 e. The van der Waals surface area contributed by atoms with Crippen molar-refractivity contribution < 1.29 is 17.9 Å². The van der Waals surface area contributed by atoms with Gasteiger partial charge in [-0.25, -0.2) is 9.97 Å². The van der Waals surface area contributed by atoms with Crippen LogP contribution in [0.3, 0.4) is 0 Å². The van der Waals surface area contributed by atoms with Gasteiger partial charge in [-0.1, -0.05) is 12.1 Å². The highest BCUT2D eigenvalue weighted by Gasteiger charge is 2.33. The van der Waals surface area contributed by atoms with Crippen LogP contribution in [0.25, 0.3) is 11.0 Å². The number of hydrogen-bond acceptors (Lipinski definition) is 5. The standard InChI is InChI=1S/C19H18BrF3N4O/c1-9-12(6-5-7-14(9)19(21,22)23)10(2)24-16-13-8-15(20)18(28-4)27-17(13)26-11(3)25-16/h5-8,10H,1-4H3,(H,24,25,26,27)/t10-/m1/s1. The molecule has 2 heterocycles. The molecule has 0 spiro atoms. The number of pyridine rings is 1. The van der Waals surface area contributed by atoms with Crippen molar-refractivity contribution in [1.29, 1.82) is 0 Å². The summed E-state index contributed by atoms with van der Waals surface area (Å²) in [4.78, 5) is 13.1. The average molecular weight is 455 g/mol. The summed E-state index contributed by atoms with van der Waals surface area (Å²) in [5.41, 5.74) is 0.519. The van der Waals surface area contributed by atoms with Gasteiger partial charge in [0.05, 0.1) is 28.6 Å². The number of alkyl halides is 3. The number of methoxy groups -OCH3 is 1. The predicted octanol–water partition coefficient (Wildman–Crippen LogP) is 5.60. The van der Waals surface area contributed by atoms with E-state index in [9.17, 15) is 13.2 Å². The fraction of sp³-hybridized carbons (Fsp3) is 0.316. The number of benzene rings is 1. The van der Waals surface area contributed by atoms with E-state index in [1.165, 1.54) is 20.1 Å². The Labute approximate surface area is 168 Å². The van der Waals surface area contributed by atoms with Crippen molar-refractivity contribution >= 4 is 32.8 Å². The normalized spacial score (nSPS) is 12.9. The Morgan fingerprint density at radius 3 is 2.50 bits per heavy atom. The van der Waals surface area contributed by atoms with E-state index >= 15 is 0 Å². The minimum atomic E-state index is -4.40. The lowest BCUT2D eigenvalue weighted by molar-refractivity contribution is -0.138. The van der Waals surface area contributed by atoms with Gasteiger partial charge in [0, 0.05) is 0 Å². The summed E-state index contributed by atoms with van der Waals surface area (Å²) in [5.74, 6) is 1.36. The number of aryl methyl sites for hydroxylation is 1. The van der Waals surface area contributed by atoms with Crippen LogP contribution in [0, 0.1) is 13.8 Å². The third-order valence-electron chi connectivity index (χ3n) is 4.41. The number of ether oxygens (including phenoxy) is 1. The highest BCUT2D eigenvalue weighted by atomic mass is 79.9. The molecule has 0 radical (unpaired) electrons. The molecular weight excluding hydrogens is 437 g/mol. The molecule has 5 nitrogen and oxygen atoms in total. The van der Waals surface area contributed by atoms with Crippen molar-refractivity contribution in [3.63, 3.8) is 0 Å². The van der Waals surface area contributed by atoms with Crippen molar-refractivity contribution in [2.24, 2.45) is 0 Å². The first-order valence-corrected chi connectivity index (χ1v) is 9.23. The van der Waals surface area contributed by atoms with Crippen LogP contribution in [0.1, 0.15) is 35.5 Å². The van der Waals surface area contributed by atoms with E-state index in [1.54, 1.807) is 26.0 Å². The molecule has 0 aliphatic rings. The van der Waals surface area contributed by atoms with Crippen LogP contribution < -0.4 is 10.1 Å². The summed E-state index contributed by atoms with van der Waals surface area (Å²) in [6.07, 6.45) is -4.40. The first-order chi connectivity index (χ1) is 13.1. The third-order valence-corrected chi connectivity index (χ3v) is 4.98. The minimum Gasteiger partial charge on any atom is -0.480 e. The van der Waals surface area contributed by atoms with E-state index in [1.807, 2.05) is 0 Å². The second-order valence-electron chi connectivity index (χ2n) is 6.35. The molecular formula is C19H18BrF3N4O. The molecule has 0 aliphatic heterocycles. The lowest BCUT2D eigenvalue weighted by Crippen LogP contribution is -2.14. The minimum absolute atomic E-state index is 0.186. The Bertz CT molecular complexity index is 1040. The third kappa shape index (κ3) is 3.89. The van der Waals surface area contributed by atoms with E-state index in [0.717, 1.165) is 6.07 Å². The first-order valence-electron chi connectivity index (χ1n) is 8.44. The Morgan fingerprint density at radius 2 is 1.86 bits per heavy atom. The van der Waals surface area contributed by atoms with Crippen molar-refractivity contribution in [3.8, 4) is 5.88 Å². The van der Waals surface area contributed by atoms with Crippen molar-refractivity contribution in [2.75, 3.05) is 12.4 Å². The zero-order valence-electron chi connectivity index (χ0n) is 15.6. The smallest absolute Gasteiger partial charge is 0.416 e. The van der Waals surface area contributed by atoms with Gasteiger partial charge >= 0.3 is 6.18 Å². The number of aromatic nitrogens is 3. The molecule has 28 heavy (non-hydrogen) atoms. The highest BCUT2D eigenvalue weighted by Crippen LogP contribution is 2.36.